The maximum Gasteiger partial charge on any atom is 0.0596 e. The number of nitrogens with one attached hydrogen (secondary N) is 1. The lowest BCUT2D eigenvalue weighted by Gasteiger charge is -2.22. The van der Waals surface area contributed by atoms with Crippen molar-refractivity contribution in [3.05, 3.63) is 17.5 Å². The van der Waals surface area contributed by atoms with E-state index in [9.17, 15) is 0 Å². The molecule has 1 aromatic heterocycles. The molecule has 1 rings (SSSR count). The van der Waals surface area contributed by atoms with Crippen molar-refractivity contribution >= 4 is 11.8 Å². The Balaban J connectivity index is 2.62. The molecule has 18 heavy (non-hydrogen) atoms. The lowest BCUT2D eigenvalue weighted by Crippen LogP contribution is -2.40. The van der Waals surface area contributed by atoms with E-state index in [2.05, 4.69) is 49.0 Å². The highest BCUT2D eigenvalue weighted by molar-refractivity contribution is 8.00. The highest BCUT2D eigenvalue weighted by Gasteiger charge is 2.17. The van der Waals surface area contributed by atoms with Crippen molar-refractivity contribution in [1.29, 1.82) is 0 Å². The fourth-order valence-electron chi connectivity index (χ4n) is 1.81. The van der Waals surface area contributed by atoms with Crippen LogP contribution in [-0.2, 0) is 13.0 Å². The lowest BCUT2D eigenvalue weighted by atomic mass is 10.2. The van der Waals surface area contributed by atoms with Gasteiger partial charge in [-0.1, -0.05) is 20.8 Å². The smallest absolute Gasteiger partial charge is 0.0596 e. The molecular formula is C13H26N4S. The van der Waals surface area contributed by atoms with Crippen LogP contribution in [0.2, 0.25) is 0 Å². The van der Waals surface area contributed by atoms with Gasteiger partial charge in [0.2, 0.25) is 0 Å². The minimum absolute atomic E-state index is 0.274. The standard InChI is InChI=1S/C13H26N4S/c1-6-17-12(7-10(2)16-17)8-11(15-14)9-18-13(3,4)5/h7,11,15H,6,8-9,14H2,1-5H3. The third kappa shape index (κ3) is 5.00. The maximum absolute atomic E-state index is 5.66. The van der Waals surface area contributed by atoms with Gasteiger partial charge < -0.3 is 0 Å². The second kappa shape index (κ2) is 6.59. The Hall–Kier alpha value is -0.520. The highest BCUT2D eigenvalue weighted by atomic mass is 32.2. The van der Waals surface area contributed by atoms with Crippen LogP contribution < -0.4 is 11.3 Å². The second-order valence-corrected chi connectivity index (χ2v) is 7.43. The summed E-state index contributed by atoms with van der Waals surface area (Å²) in [4.78, 5) is 0. The number of nitrogens with two attached hydrogens (primary N) is 1. The van der Waals surface area contributed by atoms with Gasteiger partial charge in [0.05, 0.1) is 5.69 Å². The van der Waals surface area contributed by atoms with Crippen LogP contribution in [0.3, 0.4) is 0 Å². The molecule has 1 atom stereocenters. The van der Waals surface area contributed by atoms with Crippen molar-refractivity contribution in [2.45, 2.75) is 58.4 Å². The van der Waals surface area contributed by atoms with Crippen LogP contribution in [0.15, 0.2) is 6.07 Å². The maximum atomic E-state index is 5.66. The van der Waals surface area contributed by atoms with E-state index in [0.717, 1.165) is 24.4 Å². The minimum Gasteiger partial charge on any atom is -0.271 e. The van der Waals surface area contributed by atoms with Gasteiger partial charge in [-0.05, 0) is 19.9 Å². The van der Waals surface area contributed by atoms with Crippen molar-refractivity contribution in [1.82, 2.24) is 15.2 Å². The molecule has 3 N–H and O–H groups in total. The van der Waals surface area contributed by atoms with E-state index in [1.165, 1.54) is 5.69 Å². The average Bonchev–Trinajstić information content (AvgIpc) is 2.63. The topological polar surface area (TPSA) is 55.9 Å². The van der Waals surface area contributed by atoms with Gasteiger partial charge in [-0.2, -0.15) is 16.9 Å². The van der Waals surface area contributed by atoms with Crippen LogP contribution in [0.4, 0.5) is 0 Å². The van der Waals surface area contributed by atoms with Gasteiger partial charge in [0.15, 0.2) is 0 Å². The summed E-state index contributed by atoms with van der Waals surface area (Å²) in [6.45, 7) is 11.7. The number of thioether (sulfide) groups is 1. The predicted octanol–water partition coefficient (Wildman–Crippen LogP) is 2.12. The molecule has 0 saturated heterocycles. The van der Waals surface area contributed by atoms with Gasteiger partial charge in [-0.15, -0.1) is 0 Å². The van der Waals surface area contributed by atoms with E-state index < -0.39 is 0 Å². The van der Waals surface area contributed by atoms with Crippen molar-refractivity contribution in [3.8, 4) is 0 Å². The minimum atomic E-state index is 0.274. The third-order valence-electron chi connectivity index (χ3n) is 2.69. The van der Waals surface area contributed by atoms with Gasteiger partial charge in [-0.3, -0.25) is 16.0 Å². The normalized spacial score (nSPS) is 13.9. The summed E-state index contributed by atoms with van der Waals surface area (Å²) >= 11 is 1.93. The van der Waals surface area contributed by atoms with E-state index in [1.807, 2.05) is 18.7 Å². The van der Waals surface area contributed by atoms with E-state index in [1.54, 1.807) is 0 Å². The molecule has 5 heteroatoms. The van der Waals surface area contributed by atoms with E-state index in [0.29, 0.717) is 0 Å². The third-order valence-corrected chi connectivity index (χ3v) is 4.13. The molecule has 0 amide bonds. The largest absolute Gasteiger partial charge is 0.271 e. The zero-order valence-electron chi connectivity index (χ0n) is 12.2. The molecule has 0 bridgehead atoms. The summed E-state index contributed by atoms with van der Waals surface area (Å²) in [6.07, 6.45) is 0.925. The van der Waals surface area contributed by atoms with Gasteiger partial charge in [0.25, 0.3) is 0 Å². The van der Waals surface area contributed by atoms with Crippen LogP contribution in [0.5, 0.6) is 0 Å². The Bertz CT molecular complexity index is 368. The van der Waals surface area contributed by atoms with E-state index in [4.69, 9.17) is 5.84 Å². The molecule has 0 fully saturated rings. The Kier molecular flexibility index (Phi) is 5.69. The Morgan fingerprint density at radius 3 is 2.67 bits per heavy atom. The number of hydrogen-bond acceptors (Lipinski definition) is 4. The molecule has 0 aromatic carbocycles. The first-order valence-electron chi connectivity index (χ1n) is 6.49. The van der Waals surface area contributed by atoms with Crippen molar-refractivity contribution < 1.29 is 0 Å². The first-order chi connectivity index (χ1) is 8.35. The summed E-state index contributed by atoms with van der Waals surface area (Å²) in [5.41, 5.74) is 5.25. The highest BCUT2D eigenvalue weighted by Crippen LogP contribution is 2.24. The molecule has 0 aliphatic rings. The molecule has 1 unspecified atom stereocenters. The zero-order chi connectivity index (χ0) is 13.8. The molecule has 104 valence electrons. The van der Waals surface area contributed by atoms with E-state index >= 15 is 0 Å². The molecule has 0 aliphatic carbocycles. The predicted molar refractivity (Wildman–Crippen MR) is 79.7 cm³/mol. The number of hydrogen-bond donors (Lipinski definition) is 2. The molecule has 0 saturated carbocycles. The van der Waals surface area contributed by atoms with Crippen LogP contribution in [0, 0.1) is 6.92 Å². The number of aryl methyl sites for hydroxylation is 2. The number of aromatic nitrogens is 2. The Labute approximate surface area is 115 Å². The summed E-state index contributed by atoms with van der Waals surface area (Å²) in [6, 6.07) is 2.44. The molecule has 0 spiro atoms. The average molecular weight is 270 g/mol. The summed E-state index contributed by atoms with van der Waals surface area (Å²) in [7, 11) is 0. The molecule has 0 aliphatic heterocycles. The number of rotatable bonds is 6. The first kappa shape index (κ1) is 15.5. The number of hydrazine groups is 1. The summed E-state index contributed by atoms with van der Waals surface area (Å²) in [5.74, 6) is 6.66. The van der Waals surface area contributed by atoms with Crippen LogP contribution >= 0.6 is 11.8 Å². The van der Waals surface area contributed by atoms with Gasteiger partial charge >= 0.3 is 0 Å². The Morgan fingerprint density at radius 1 is 1.50 bits per heavy atom. The van der Waals surface area contributed by atoms with Crippen molar-refractivity contribution in [2.24, 2.45) is 5.84 Å². The van der Waals surface area contributed by atoms with Crippen molar-refractivity contribution in [3.63, 3.8) is 0 Å². The molecule has 4 nitrogen and oxygen atoms in total. The summed E-state index contributed by atoms with van der Waals surface area (Å²) < 4.78 is 2.33. The monoisotopic (exact) mass is 270 g/mol. The first-order valence-corrected chi connectivity index (χ1v) is 7.47. The van der Waals surface area contributed by atoms with Gasteiger partial charge in [0.1, 0.15) is 0 Å². The second-order valence-electron chi connectivity index (χ2n) is 5.58. The Morgan fingerprint density at radius 2 is 2.17 bits per heavy atom. The fraction of sp³-hybridized carbons (Fsp3) is 0.769. The molecule has 1 heterocycles. The van der Waals surface area contributed by atoms with Gasteiger partial charge in [0, 0.05) is 35.2 Å². The fourth-order valence-corrected chi connectivity index (χ4v) is 2.72. The summed E-state index contributed by atoms with van der Waals surface area (Å²) in [5, 5.41) is 4.47. The quantitative estimate of drug-likeness (QED) is 0.614. The van der Waals surface area contributed by atoms with E-state index in [-0.39, 0.29) is 10.8 Å². The SMILES string of the molecule is CCn1nc(C)cc1CC(CSC(C)(C)C)NN. The van der Waals surface area contributed by atoms with Crippen LogP contribution in [0.25, 0.3) is 0 Å². The molecule has 0 radical (unpaired) electrons. The zero-order valence-corrected chi connectivity index (χ0v) is 13.0. The van der Waals surface area contributed by atoms with Gasteiger partial charge in [-0.25, -0.2) is 0 Å². The van der Waals surface area contributed by atoms with Crippen LogP contribution in [-0.4, -0.2) is 26.3 Å². The molecule has 1 aromatic rings. The molecular weight excluding hydrogens is 244 g/mol. The van der Waals surface area contributed by atoms with Crippen LogP contribution in [0.1, 0.15) is 39.1 Å². The van der Waals surface area contributed by atoms with Crippen molar-refractivity contribution in [2.75, 3.05) is 5.75 Å². The lowest BCUT2D eigenvalue weighted by molar-refractivity contribution is 0.533. The number of nitrogens with zero attached hydrogens (tertiary/aromatic N) is 2.